The Labute approximate surface area is 196 Å². The van der Waals surface area contributed by atoms with Crippen molar-refractivity contribution < 1.29 is 14.3 Å². The van der Waals surface area contributed by atoms with Crippen molar-refractivity contribution in [2.75, 3.05) is 12.0 Å². The van der Waals surface area contributed by atoms with Crippen LogP contribution in [0.3, 0.4) is 0 Å². The molecule has 1 aliphatic heterocycles. The van der Waals surface area contributed by atoms with E-state index < -0.39 is 20.5 Å². The molecule has 3 aromatic carbocycles. The van der Waals surface area contributed by atoms with E-state index in [1.165, 1.54) is 4.90 Å². The SMILES string of the molecule is COc1ccc(N2C(=O)[C@@H]3[C@H](C2=O)C2(Br)c4ccccc4C3(Br)c3ccccc32)cc1. The summed E-state index contributed by atoms with van der Waals surface area (Å²) in [6.45, 7) is 0. The van der Waals surface area contributed by atoms with Crippen LogP contribution in [0.4, 0.5) is 5.69 Å². The number of carbonyl (C=O) groups is 2. The third-order valence-corrected chi connectivity index (χ3v) is 9.61. The molecule has 3 aromatic rings. The number of alkyl halides is 2. The van der Waals surface area contributed by atoms with Gasteiger partial charge in [0, 0.05) is 0 Å². The van der Waals surface area contributed by atoms with Crippen LogP contribution in [0, 0.1) is 11.8 Å². The van der Waals surface area contributed by atoms with Gasteiger partial charge in [0.05, 0.1) is 33.3 Å². The minimum atomic E-state index is -0.770. The maximum absolute atomic E-state index is 13.9. The summed E-state index contributed by atoms with van der Waals surface area (Å²) in [7, 11) is 1.59. The lowest BCUT2D eigenvalue weighted by atomic mass is 9.54. The monoisotopic (exact) mass is 537 g/mol. The second-order valence-electron chi connectivity index (χ2n) is 8.18. The number of ether oxygens (including phenoxy) is 1. The van der Waals surface area contributed by atoms with E-state index in [9.17, 15) is 9.59 Å². The maximum atomic E-state index is 13.9. The fraction of sp³-hybridized carbons (Fsp3) is 0.200. The van der Waals surface area contributed by atoms with Crippen molar-refractivity contribution in [3.8, 4) is 5.75 Å². The maximum Gasteiger partial charge on any atom is 0.239 e. The molecule has 0 N–H and O–H groups in total. The van der Waals surface area contributed by atoms with E-state index in [2.05, 4.69) is 56.1 Å². The smallest absolute Gasteiger partial charge is 0.239 e. The first-order valence-corrected chi connectivity index (χ1v) is 11.6. The van der Waals surface area contributed by atoms with E-state index in [1.807, 2.05) is 24.3 Å². The number of carbonyl (C=O) groups excluding carboxylic acids is 2. The Morgan fingerprint density at radius 2 is 1.10 bits per heavy atom. The number of methoxy groups -OCH3 is 1. The Kier molecular flexibility index (Phi) is 3.91. The summed E-state index contributed by atoms with van der Waals surface area (Å²) in [5.74, 6) is -0.832. The van der Waals surface area contributed by atoms with E-state index >= 15 is 0 Å². The van der Waals surface area contributed by atoms with Gasteiger partial charge < -0.3 is 4.74 Å². The van der Waals surface area contributed by atoms with Gasteiger partial charge in [0.15, 0.2) is 0 Å². The van der Waals surface area contributed by atoms with Gasteiger partial charge >= 0.3 is 0 Å². The molecule has 2 atom stereocenters. The van der Waals surface area contributed by atoms with Gasteiger partial charge in [-0.3, -0.25) is 9.59 Å². The standard InChI is InChI=1S/C25H17Br2NO3/c1-31-15-12-10-14(11-13-15)28-22(29)20-21(23(28)30)25(27)17-7-3-2-6-16(17)24(20,26)18-8-4-5-9-19(18)25/h2-13,20-21H,1H3/t20-,21+,24?,25?. The summed E-state index contributed by atoms with van der Waals surface area (Å²) in [5, 5.41) is 0. The number of rotatable bonds is 2. The Hall–Kier alpha value is -2.44. The van der Waals surface area contributed by atoms with Crippen LogP contribution in [0.25, 0.3) is 0 Å². The topological polar surface area (TPSA) is 46.6 Å². The zero-order valence-corrected chi connectivity index (χ0v) is 19.7. The van der Waals surface area contributed by atoms with Crippen LogP contribution in [0.15, 0.2) is 72.8 Å². The summed E-state index contributed by atoms with van der Waals surface area (Å²) < 4.78 is 3.70. The Bertz CT molecular complexity index is 1150. The predicted molar refractivity (Wildman–Crippen MR) is 125 cm³/mol. The number of anilines is 1. The van der Waals surface area contributed by atoms with Crippen molar-refractivity contribution in [2.45, 2.75) is 8.65 Å². The van der Waals surface area contributed by atoms with Gasteiger partial charge in [-0.2, -0.15) is 0 Å². The Balaban J connectivity index is 1.62. The van der Waals surface area contributed by atoms with Crippen LogP contribution < -0.4 is 9.64 Å². The van der Waals surface area contributed by atoms with Crippen LogP contribution in [0.5, 0.6) is 5.75 Å². The lowest BCUT2D eigenvalue weighted by Crippen LogP contribution is -2.56. The highest BCUT2D eigenvalue weighted by molar-refractivity contribution is 9.10. The highest BCUT2D eigenvalue weighted by Crippen LogP contribution is 2.70. The number of benzene rings is 3. The summed E-state index contributed by atoms with van der Waals surface area (Å²) in [6, 6.07) is 23.2. The number of nitrogens with zero attached hydrogens (tertiary/aromatic N) is 1. The Morgan fingerprint density at radius 3 is 1.45 bits per heavy atom. The largest absolute Gasteiger partial charge is 0.497 e. The van der Waals surface area contributed by atoms with E-state index in [0.29, 0.717) is 11.4 Å². The third kappa shape index (κ3) is 2.15. The fourth-order valence-electron chi connectivity index (χ4n) is 5.65. The van der Waals surface area contributed by atoms with Gasteiger partial charge in [0.1, 0.15) is 5.75 Å². The van der Waals surface area contributed by atoms with Crippen LogP contribution in [0.2, 0.25) is 0 Å². The van der Waals surface area contributed by atoms with Gasteiger partial charge in [0.25, 0.3) is 0 Å². The minimum Gasteiger partial charge on any atom is -0.497 e. The van der Waals surface area contributed by atoms with Crippen molar-refractivity contribution in [1.29, 1.82) is 0 Å². The zero-order chi connectivity index (χ0) is 21.5. The number of imide groups is 1. The summed E-state index contributed by atoms with van der Waals surface area (Å²) in [4.78, 5) is 29.1. The molecule has 6 heteroatoms. The molecule has 0 saturated carbocycles. The first kappa shape index (κ1) is 19.3. The highest BCUT2D eigenvalue weighted by atomic mass is 79.9. The number of hydrogen-bond donors (Lipinski definition) is 0. The van der Waals surface area contributed by atoms with Crippen LogP contribution in [-0.2, 0) is 18.2 Å². The first-order valence-electron chi connectivity index (χ1n) is 10.0. The normalized spacial score (nSPS) is 30.1. The summed E-state index contributed by atoms with van der Waals surface area (Å²) >= 11 is 8.02. The van der Waals surface area contributed by atoms with E-state index in [-0.39, 0.29) is 11.8 Å². The molecule has 4 nitrogen and oxygen atoms in total. The van der Waals surface area contributed by atoms with Gasteiger partial charge in [0.2, 0.25) is 11.8 Å². The van der Waals surface area contributed by atoms with Gasteiger partial charge in [-0.1, -0.05) is 80.4 Å². The van der Waals surface area contributed by atoms with Gasteiger partial charge in [-0.05, 0) is 46.5 Å². The second-order valence-corrected chi connectivity index (χ2v) is 10.7. The van der Waals surface area contributed by atoms with Gasteiger partial charge in [-0.25, -0.2) is 4.90 Å². The predicted octanol–water partition coefficient (Wildman–Crippen LogP) is 5.11. The molecule has 1 saturated heterocycles. The number of amides is 2. The van der Waals surface area contributed by atoms with Crippen LogP contribution >= 0.6 is 31.9 Å². The molecule has 31 heavy (non-hydrogen) atoms. The molecular formula is C25H17Br2NO3. The molecule has 1 heterocycles. The zero-order valence-electron chi connectivity index (χ0n) is 16.5. The van der Waals surface area contributed by atoms with E-state index in [4.69, 9.17) is 4.74 Å². The van der Waals surface area contributed by atoms with Crippen molar-refractivity contribution in [3.05, 3.63) is 95.1 Å². The van der Waals surface area contributed by atoms with E-state index in [0.717, 1.165) is 22.3 Å². The second kappa shape index (κ2) is 6.30. The average Bonchev–Trinajstić information content (AvgIpc) is 3.08. The first-order chi connectivity index (χ1) is 14.9. The summed E-state index contributed by atoms with van der Waals surface area (Å²) in [6.07, 6.45) is 0. The lowest BCUT2D eigenvalue weighted by Gasteiger charge is -2.55. The molecule has 3 aliphatic carbocycles. The number of halogens is 2. The quantitative estimate of drug-likeness (QED) is 0.336. The number of hydrogen-bond acceptors (Lipinski definition) is 3. The molecule has 0 aromatic heterocycles. The molecule has 154 valence electrons. The van der Waals surface area contributed by atoms with Crippen molar-refractivity contribution in [2.24, 2.45) is 11.8 Å². The summed E-state index contributed by atoms with van der Waals surface area (Å²) in [5.41, 5.74) is 4.69. The molecule has 2 bridgehead atoms. The lowest BCUT2D eigenvalue weighted by molar-refractivity contribution is -0.122. The molecular weight excluding hydrogens is 522 g/mol. The molecule has 0 spiro atoms. The third-order valence-electron chi connectivity index (χ3n) is 6.92. The minimum absolute atomic E-state index is 0.190. The van der Waals surface area contributed by atoms with Gasteiger partial charge in [-0.15, -0.1) is 0 Å². The van der Waals surface area contributed by atoms with Crippen molar-refractivity contribution in [1.82, 2.24) is 0 Å². The molecule has 0 radical (unpaired) electrons. The van der Waals surface area contributed by atoms with Crippen LogP contribution in [0.1, 0.15) is 22.3 Å². The molecule has 2 amide bonds. The molecule has 0 unspecified atom stereocenters. The molecule has 1 fully saturated rings. The fourth-order valence-corrected chi connectivity index (χ4v) is 7.96. The van der Waals surface area contributed by atoms with Crippen molar-refractivity contribution in [3.63, 3.8) is 0 Å². The molecule has 4 aliphatic rings. The van der Waals surface area contributed by atoms with Crippen molar-refractivity contribution >= 4 is 49.4 Å². The Morgan fingerprint density at radius 1 is 0.710 bits per heavy atom. The van der Waals surface area contributed by atoms with Crippen LogP contribution in [-0.4, -0.2) is 18.9 Å². The highest BCUT2D eigenvalue weighted by Gasteiger charge is 2.72. The average molecular weight is 539 g/mol. The van der Waals surface area contributed by atoms with E-state index in [1.54, 1.807) is 31.4 Å². The molecule has 7 rings (SSSR count).